The number of amides is 2. The third-order valence-electron chi connectivity index (χ3n) is 5.17. The van der Waals surface area contributed by atoms with Crippen molar-refractivity contribution < 1.29 is 9.59 Å². The van der Waals surface area contributed by atoms with Crippen molar-refractivity contribution in [2.75, 3.05) is 11.9 Å². The highest BCUT2D eigenvalue weighted by atomic mass is 35.5. The second-order valence-electron chi connectivity index (χ2n) is 7.47. The van der Waals surface area contributed by atoms with Gasteiger partial charge in [0, 0.05) is 35.8 Å². The normalized spacial score (nSPS) is 14.0. The number of likely N-dealkylation sites (tertiary alicyclic amines) is 1. The molecule has 2 aromatic carbocycles. The van der Waals surface area contributed by atoms with Crippen LogP contribution in [0.2, 0.25) is 5.02 Å². The van der Waals surface area contributed by atoms with E-state index in [9.17, 15) is 9.59 Å². The molecular weight excluding hydrogens is 434 g/mol. The topological polar surface area (TPSA) is 83.0 Å². The summed E-state index contributed by atoms with van der Waals surface area (Å²) in [5.74, 6) is 0.526. The molecule has 2 amide bonds. The summed E-state index contributed by atoms with van der Waals surface area (Å²) < 4.78 is 2.00. The lowest BCUT2D eigenvalue weighted by Gasteiger charge is -2.26. The molecule has 0 atom stereocenters. The highest BCUT2D eigenvalue weighted by Crippen LogP contribution is 2.21. The first kappa shape index (κ1) is 21.3. The van der Waals surface area contributed by atoms with Gasteiger partial charge >= 0.3 is 0 Å². The van der Waals surface area contributed by atoms with Crippen molar-refractivity contribution in [3.63, 3.8) is 0 Å². The van der Waals surface area contributed by atoms with Crippen molar-refractivity contribution in [1.29, 1.82) is 0 Å². The number of hydrogen-bond donors (Lipinski definition) is 2. The lowest BCUT2D eigenvalue weighted by Crippen LogP contribution is -2.34. The summed E-state index contributed by atoms with van der Waals surface area (Å²) in [6.07, 6.45) is 2.60. The maximum Gasteiger partial charge on any atom is 0.244 e. The van der Waals surface area contributed by atoms with Gasteiger partial charge in [0.1, 0.15) is 6.54 Å². The van der Waals surface area contributed by atoms with Crippen LogP contribution in [0.15, 0.2) is 48.5 Å². The number of carbonyl (C=O) groups is 2. The van der Waals surface area contributed by atoms with Gasteiger partial charge in [-0.1, -0.05) is 23.7 Å². The Hall–Kier alpha value is -2.97. The predicted octanol–water partition coefficient (Wildman–Crippen LogP) is 4.41. The molecule has 0 spiro atoms. The molecule has 1 saturated heterocycles. The number of nitrogens with one attached hydrogen (secondary N) is 2. The first-order valence-corrected chi connectivity index (χ1v) is 10.9. The van der Waals surface area contributed by atoms with Crippen molar-refractivity contribution in [2.24, 2.45) is 0 Å². The Labute approximate surface area is 190 Å². The number of piperidine rings is 1. The van der Waals surface area contributed by atoms with Gasteiger partial charge in [0.15, 0.2) is 10.6 Å². The fourth-order valence-electron chi connectivity index (χ4n) is 3.62. The van der Waals surface area contributed by atoms with E-state index in [0.717, 1.165) is 30.5 Å². The molecule has 4 rings (SSSR count). The number of hydrogen-bond acceptors (Lipinski definition) is 4. The highest BCUT2D eigenvalue weighted by Gasteiger charge is 2.18. The van der Waals surface area contributed by atoms with Crippen LogP contribution in [-0.4, -0.2) is 38.0 Å². The van der Waals surface area contributed by atoms with Crippen LogP contribution in [0.5, 0.6) is 0 Å². The van der Waals surface area contributed by atoms with Gasteiger partial charge in [-0.15, -0.1) is 0 Å². The third-order valence-corrected chi connectivity index (χ3v) is 5.73. The summed E-state index contributed by atoms with van der Waals surface area (Å²) in [5, 5.41) is 10.5. The van der Waals surface area contributed by atoms with Gasteiger partial charge in [-0.3, -0.25) is 19.3 Å². The fourth-order valence-corrected chi connectivity index (χ4v) is 3.95. The first-order valence-electron chi connectivity index (χ1n) is 10.1. The standard InChI is InChI=1S/C22H22ClN5O2S/c23-17-9-7-16(8-10-17)21-25-26-22(31)28(21)14-19(29)24-18-5-3-4-15(12-18)13-27-11-2-1-6-20(27)30/h3-5,7-10,12H,1-2,6,11,13-14H2,(H,24,29)(H,26,31). The number of carbonyl (C=O) groups excluding carboxylic acids is 2. The zero-order chi connectivity index (χ0) is 21.8. The molecule has 160 valence electrons. The molecule has 2 N–H and O–H groups in total. The van der Waals surface area contributed by atoms with E-state index in [1.165, 1.54) is 0 Å². The van der Waals surface area contributed by atoms with Gasteiger partial charge < -0.3 is 10.2 Å². The Bertz CT molecular complexity index is 1160. The van der Waals surface area contributed by atoms with Gasteiger partial charge in [-0.25, -0.2) is 0 Å². The lowest BCUT2D eigenvalue weighted by atomic mass is 10.1. The Kier molecular flexibility index (Phi) is 6.48. The summed E-state index contributed by atoms with van der Waals surface area (Å²) in [5.41, 5.74) is 2.46. The van der Waals surface area contributed by atoms with Gasteiger partial charge in [0.05, 0.1) is 0 Å². The maximum atomic E-state index is 12.7. The molecule has 7 nitrogen and oxygen atoms in total. The van der Waals surface area contributed by atoms with Crippen LogP contribution >= 0.6 is 23.8 Å². The zero-order valence-corrected chi connectivity index (χ0v) is 18.4. The largest absolute Gasteiger partial charge is 0.338 e. The van der Waals surface area contributed by atoms with E-state index in [1.54, 1.807) is 16.7 Å². The number of H-pyrrole nitrogens is 1. The van der Waals surface area contributed by atoms with E-state index in [2.05, 4.69) is 15.5 Å². The van der Waals surface area contributed by atoms with Crippen LogP contribution in [0.4, 0.5) is 5.69 Å². The summed E-state index contributed by atoms with van der Waals surface area (Å²) in [4.78, 5) is 26.7. The molecule has 0 unspecified atom stereocenters. The Morgan fingerprint density at radius 1 is 1.19 bits per heavy atom. The monoisotopic (exact) mass is 455 g/mol. The Balaban J connectivity index is 1.45. The van der Waals surface area contributed by atoms with E-state index >= 15 is 0 Å². The molecule has 1 aliphatic heterocycles. The summed E-state index contributed by atoms with van der Waals surface area (Å²) in [6.45, 7) is 1.35. The van der Waals surface area contributed by atoms with Gasteiger partial charge in [0.2, 0.25) is 11.8 Å². The van der Waals surface area contributed by atoms with Gasteiger partial charge in [-0.2, -0.15) is 5.10 Å². The number of aromatic nitrogens is 3. The van der Waals surface area contributed by atoms with E-state index in [-0.39, 0.29) is 18.4 Å². The predicted molar refractivity (Wildman–Crippen MR) is 122 cm³/mol. The molecule has 3 aromatic rings. The molecule has 0 aliphatic carbocycles. The number of nitrogens with zero attached hydrogens (tertiary/aromatic N) is 3. The van der Waals surface area contributed by atoms with Crippen LogP contribution in [-0.2, 0) is 22.7 Å². The molecule has 2 heterocycles. The third kappa shape index (κ3) is 5.21. The number of rotatable bonds is 6. The van der Waals surface area contributed by atoms with Crippen LogP contribution in [0.25, 0.3) is 11.4 Å². The van der Waals surface area contributed by atoms with E-state index in [4.69, 9.17) is 23.8 Å². The number of aromatic amines is 1. The lowest BCUT2D eigenvalue weighted by molar-refractivity contribution is -0.133. The Morgan fingerprint density at radius 3 is 2.77 bits per heavy atom. The molecule has 1 aliphatic rings. The average Bonchev–Trinajstić information content (AvgIpc) is 3.11. The number of anilines is 1. The molecule has 0 saturated carbocycles. The number of benzene rings is 2. The summed E-state index contributed by atoms with van der Waals surface area (Å²) in [7, 11) is 0. The van der Waals surface area contributed by atoms with Crippen LogP contribution in [0.1, 0.15) is 24.8 Å². The average molecular weight is 456 g/mol. The quantitative estimate of drug-likeness (QED) is 0.539. The summed E-state index contributed by atoms with van der Waals surface area (Å²) in [6, 6.07) is 14.7. The molecular formula is C22H22ClN5O2S. The first-order chi connectivity index (χ1) is 15.0. The number of halogens is 1. The Morgan fingerprint density at radius 2 is 2.00 bits per heavy atom. The van der Waals surface area contributed by atoms with Crippen LogP contribution in [0, 0.1) is 4.77 Å². The van der Waals surface area contributed by atoms with E-state index in [0.29, 0.717) is 34.3 Å². The van der Waals surface area contributed by atoms with Gasteiger partial charge in [-0.05, 0) is 67.0 Å². The summed E-state index contributed by atoms with van der Waals surface area (Å²) >= 11 is 11.3. The zero-order valence-electron chi connectivity index (χ0n) is 16.8. The van der Waals surface area contributed by atoms with Crippen molar-refractivity contribution in [2.45, 2.75) is 32.4 Å². The van der Waals surface area contributed by atoms with Crippen molar-refractivity contribution in [3.05, 3.63) is 63.9 Å². The minimum Gasteiger partial charge on any atom is -0.338 e. The fraction of sp³-hybridized carbons (Fsp3) is 0.273. The van der Waals surface area contributed by atoms with Gasteiger partial charge in [0.25, 0.3) is 0 Å². The minimum absolute atomic E-state index is 0.0160. The molecule has 31 heavy (non-hydrogen) atoms. The molecule has 0 radical (unpaired) electrons. The van der Waals surface area contributed by atoms with Crippen LogP contribution in [0.3, 0.4) is 0 Å². The van der Waals surface area contributed by atoms with E-state index in [1.807, 2.05) is 41.3 Å². The van der Waals surface area contributed by atoms with Crippen molar-refractivity contribution >= 4 is 41.3 Å². The highest BCUT2D eigenvalue weighted by molar-refractivity contribution is 7.71. The SMILES string of the molecule is O=C(Cn1c(-c2ccc(Cl)cc2)n[nH]c1=S)Nc1cccc(CN2CCCCC2=O)c1. The van der Waals surface area contributed by atoms with Crippen LogP contribution < -0.4 is 5.32 Å². The maximum absolute atomic E-state index is 12.7. The van der Waals surface area contributed by atoms with E-state index < -0.39 is 0 Å². The second kappa shape index (κ2) is 9.45. The second-order valence-corrected chi connectivity index (χ2v) is 8.29. The minimum atomic E-state index is -0.223. The molecule has 1 aromatic heterocycles. The smallest absolute Gasteiger partial charge is 0.244 e. The molecule has 1 fully saturated rings. The van der Waals surface area contributed by atoms with Crippen molar-refractivity contribution in [3.8, 4) is 11.4 Å². The molecule has 9 heteroatoms. The van der Waals surface area contributed by atoms with Crippen molar-refractivity contribution in [1.82, 2.24) is 19.7 Å². The molecule has 0 bridgehead atoms.